The third kappa shape index (κ3) is 6.72. The van der Waals surface area contributed by atoms with Crippen molar-refractivity contribution in [1.29, 1.82) is 0 Å². The van der Waals surface area contributed by atoms with Crippen LogP contribution in [0.15, 0.2) is 18.2 Å². The molecule has 1 aromatic carbocycles. The topological polar surface area (TPSA) is 88.2 Å². The van der Waals surface area contributed by atoms with E-state index in [1.165, 1.54) is 0 Å². The van der Waals surface area contributed by atoms with Crippen molar-refractivity contribution >= 4 is 23.4 Å². The van der Waals surface area contributed by atoms with Gasteiger partial charge in [0.25, 0.3) is 5.91 Å². The Balaban J connectivity index is 1.90. The maximum Gasteiger partial charge on any atom is 0.257 e. The molecule has 3 rings (SSSR count). The van der Waals surface area contributed by atoms with Gasteiger partial charge in [-0.3, -0.25) is 14.4 Å². The van der Waals surface area contributed by atoms with Crippen LogP contribution in [0.3, 0.4) is 0 Å². The highest BCUT2D eigenvalue weighted by atomic mass is 16.5. The van der Waals surface area contributed by atoms with Crippen LogP contribution in [0.5, 0.6) is 5.75 Å². The first kappa shape index (κ1) is 26.0. The summed E-state index contributed by atoms with van der Waals surface area (Å²) in [5.74, 6) is 0.825. The lowest BCUT2D eigenvalue weighted by atomic mass is 10.0. The first-order valence-electron chi connectivity index (χ1n) is 12.4. The summed E-state index contributed by atoms with van der Waals surface area (Å²) in [6.07, 6.45) is 3.75. The number of carbonyl (C=O) groups excluding carboxylic acids is 3. The van der Waals surface area contributed by atoms with Crippen molar-refractivity contribution < 1.29 is 23.9 Å². The fourth-order valence-electron chi connectivity index (χ4n) is 4.34. The van der Waals surface area contributed by atoms with E-state index < -0.39 is 0 Å². The Morgan fingerprint density at radius 1 is 1.21 bits per heavy atom. The standard InChI is InChI=1S/C26H39N3O5/c1-6-7-24(30)27-20-10-11-22-21(13-20)26(32)28(4)15-23(33-5)17(2)14-29(18(3)16-34-22)25(31)12-19-8-9-19/h10-11,13,17-19,23H,6-9,12,14-16H2,1-5H3,(H,27,30)/t17-,18+,23-/m1/s1. The quantitative estimate of drug-likeness (QED) is 0.683. The molecule has 8 nitrogen and oxygen atoms in total. The van der Waals surface area contributed by atoms with Gasteiger partial charge in [-0.25, -0.2) is 0 Å². The third-order valence-electron chi connectivity index (χ3n) is 6.69. The lowest BCUT2D eigenvalue weighted by molar-refractivity contribution is -0.135. The van der Waals surface area contributed by atoms with Gasteiger partial charge in [0.1, 0.15) is 12.4 Å². The predicted octanol–water partition coefficient (Wildman–Crippen LogP) is 3.56. The number of ether oxygens (including phenoxy) is 2. The SMILES string of the molecule is CCCC(=O)Nc1ccc2c(c1)C(=O)N(C)C[C@@H](OC)[C@H](C)CN(C(=O)CC1CC1)[C@@H](C)CO2. The largest absolute Gasteiger partial charge is 0.491 e. The fraction of sp³-hybridized carbons (Fsp3) is 0.654. The number of likely N-dealkylation sites (N-methyl/N-ethyl adjacent to an activating group) is 1. The zero-order chi connectivity index (χ0) is 24.8. The van der Waals surface area contributed by atoms with E-state index in [0.717, 1.165) is 19.3 Å². The van der Waals surface area contributed by atoms with Crippen LogP contribution in [0, 0.1) is 11.8 Å². The second-order valence-corrected chi connectivity index (χ2v) is 9.80. The number of fused-ring (bicyclic) bond motifs is 1. The summed E-state index contributed by atoms with van der Waals surface area (Å²) in [6.45, 7) is 7.17. The number of hydrogen-bond acceptors (Lipinski definition) is 5. The van der Waals surface area contributed by atoms with Crippen LogP contribution in [0.2, 0.25) is 0 Å². The summed E-state index contributed by atoms with van der Waals surface area (Å²) < 4.78 is 11.9. The van der Waals surface area contributed by atoms with Gasteiger partial charge < -0.3 is 24.6 Å². The van der Waals surface area contributed by atoms with Gasteiger partial charge in [0.05, 0.1) is 17.7 Å². The Morgan fingerprint density at radius 3 is 2.59 bits per heavy atom. The zero-order valence-electron chi connectivity index (χ0n) is 21.1. The zero-order valence-corrected chi connectivity index (χ0v) is 21.1. The number of carbonyl (C=O) groups is 3. The number of methoxy groups -OCH3 is 1. The summed E-state index contributed by atoms with van der Waals surface area (Å²) in [4.78, 5) is 42.1. The van der Waals surface area contributed by atoms with Crippen LogP contribution in [-0.2, 0) is 14.3 Å². The molecule has 0 radical (unpaired) electrons. The van der Waals surface area contributed by atoms with E-state index in [9.17, 15) is 14.4 Å². The predicted molar refractivity (Wildman–Crippen MR) is 131 cm³/mol. The Labute approximate surface area is 202 Å². The third-order valence-corrected chi connectivity index (χ3v) is 6.69. The highest BCUT2D eigenvalue weighted by Gasteiger charge is 2.33. The summed E-state index contributed by atoms with van der Waals surface area (Å²) in [5, 5.41) is 2.85. The fourth-order valence-corrected chi connectivity index (χ4v) is 4.34. The van der Waals surface area contributed by atoms with Gasteiger partial charge in [0, 0.05) is 51.7 Å². The van der Waals surface area contributed by atoms with E-state index >= 15 is 0 Å². The molecule has 1 N–H and O–H groups in total. The van der Waals surface area contributed by atoms with Crippen molar-refractivity contribution in [3.8, 4) is 5.75 Å². The molecule has 1 saturated carbocycles. The normalized spacial score (nSPS) is 23.9. The molecule has 8 heteroatoms. The van der Waals surface area contributed by atoms with Gasteiger partial charge in [-0.2, -0.15) is 0 Å². The van der Waals surface area contributed by atoms with E-state index in [0.29, 0.717) is 48.8 Å². The molecule has 34 heavy (non-hydrogen) atoms. The molecular weight excluding hydrogens is 434 g/mol. The van der Waals surface area contributed by atoms with Crippen molar-refractivity contribution in [3.05, 3.63) is 23.8 Å². The molecule has 0 unspecified atom stereocenters. The molecule has 3 atom stereocenters. The van der Waals surface area contributed by atoms with Gasteiger partial charge in [-0.05, 0) is 50.3 Å². The maximum atomic E-state index is 13.4. The molecule has 1 aliphatic heterocycles. The number of hydrogen-bond donors (Lipinski definition) is 1. The molecule has 1 fully saturated rings. The van der Waals surface area contributed by atoms with E-state index in [2.05, 4.69) is 12.2 Å². The van der Waals surface area contributed by atoms with Crippen molar-refractivity contribution in [2.45, 2.75) is 65.0 Å². The first-order valence-corrected chi connectivity index (χ1v) is 12.4. The van der Waals surface area contributed by atoms with Crippen LogP contribution >= 0.6 is 0 Å². The molecule has 0 bridgehead atoms. The Kier molecular flexibility index (Phi) is 8.94. The van der Waals surface area contributed by atoms with Crippen LogP contribution in [0.1, 0.15) is 63.2 Å². The van der Waals surface area contributed by atoms with E-state index in [-0.39, 0.29) is 42.4 Å². The van der Waals surface area contributed by atoms with Gasteiger partial charge in [0.15, 0.2) is 0 Å². The molecule has 0 spiro atoms. The van der Waals surface area contributed by atoms with Gasteiger partial charge in [-0.1, -0.05) is 13.8 Å². The highest BCUT2D eigenvalue weighted by Crippen LogP contribution is 2.33. The van der Waals surface area contributed by atoms with Gasteiger partial charge in [-0.15, -0.1) is 0 Å². The molecule has 0 saturated heterocycles. The number of nitrogens with zero attached hydrogens (tertiary/aromatic N) is 2. The van der Waals surface area contributed by atoms with Crippen LogP contribution in [0.25, 0.3) is 0 Å². The van der Waals surface area contributed by atoms with Crippen LogP contribution in [0.4, 0.5) is 5.69 Å². The Morgan fingerprint density at radius 2 is 1.94 bits per heavy atom. The van der Waals surface area contributed by atoms with Crippen molar-refractivity contribution in [2.75, 3.05) is 39.2 Å². The van der Waals surface area contributed by atoms with E-state index in [1.807, 2.05) is 18.7 Å². The molecule has 1 heterocycles. The lowest BCUT2D eigenvalue weighted by Gasteiger charge is -2.36. The first-order chi connectivity index (χ1) is 16.2. The smallest absolute Gasteiger partial charge is 0.257 e. The van der Waals surface area contributed by atoms with Crippen LogP contribution in [-0.4, -0.2) is 73.5 Å². The number of amides is 3. The van der Waals surface area contributed by atoms with Crippen LogP contribution < -0.4 is 10.1 Å². The number of nitrogens with one attached hydrogen (secondary N) is 1. The average Bonchev–Trinajstić information content (AvgIpc) is 3.62. The molecule has 1 aliphatic carbocycles. The molecule has 188 valence electrons. The summed E-state index contributed by atoms with van der Waals surface area (Å²) in [7, 11) is 3.38. The Bertz CT molecular complexity index is 885. The molecule has 1 aromatic rings. The van der Waals surface area contributed by atoms with E-state index in [4.69, 9.17) is 9.47 Å². The summed E-state index contributed by atoms with van der Waals surface area (Å²) >= 11 is 0. The Hall–Kier alpha value is -2.61. The second kappa shape index (κ2) is 11.7. The summed E-state index contributed by atoms with van der Waals surface area (Å²) in [6, 6.07) is 4.97. The van der Waals surface area contributed by atoms with E-state index in [1.54, 1.807) is 37.3 Å². The molecular formula is C26H39N3O5. The lowest BCUT2D eigenvalue weighted by Crippen LogP contribution is -2.48. The van der Waals surface area contributed by atoms with Gasteiger partial charge in [0.2, 0.25) is 11.8 Å². The molecule has 3 amide bonds. The number of anilines is 1. The minimum absolute atomic E-state index is 0.0319. The summed E-state index contributed by atoms with van der Waals surface area (Å²) in [5.41, 5.74) is 0.934. The molecule has 0 aromatic heterocycles. The maximum absolute atomic E-state index is 13.4. The monoisotopic (exact) mass is 473 g/mol. The van der Waals surface area contributed by atoms with Crippen molar-refractivity contribution in [3.63, 3.8) is 0 Å². The second-order valence-electron chi connectivity index (χ2n) is 9.80. The minimum Gasteiger partial charge on any atom is -0.491 e. The number of rotatable bonds is 6. The highest BCUT2D eigenvalue weighted by molar-refractivity contribution is 5.99. The average molecular weight is 474 g/mol. The van der Waals surface area contributed by atoms with Crippen molar-refractivity contribution in [2.24, 2.45) is 11.8 Å². The molecule has 2 aliphatic rings. The van der Waals surface area contributed by atoms with Gasteiger partial charge >= 0.3 is 0 Å². The number of benzene rings is 1. The van der Waals surface area contributed by atoms with Crippen molar-refractivity contribution in [1.82, 2.24) is 9.80 Å². The minimum atomic E-state index is -0.228.